The van der Waals surface area contributed by atoms with Gasteiger partial charge in [-0.3, -0.25) is 0 Å². The Morgan fingerprint density at radius 1 is 1.29 bits per heavy atom. The molecule has 1 aromatic carbocycles. The van der Waals surface area contributed by atoms with Crippen LogP contribution in [0.25, 0.3) is 0 Å². The molecule has 1 heterocycles. The third-order valence-corrected chi connectivity index (χ3v) is 3.35. The molecule has 2 nitrogen and oxygen atoms in total. The predicted molar refractivity (Wildman–Crippen MR) is 75.3 cm³/mol. The molecular weight excluding hydrogens is 301 g/mol. The Morgan fingerprint density at radius 2 is 2.00 bits per heavy atom. The summed E-state index contributed by atoms with van der Waals surface area (Å²) in [6.07, 6.45) is -2.46. The van der Waals surface area contributed by atoms with Crippen LogP contribution in [0.1, 0.15) is 40.5 Å². The molecule has 1 atom stereocenters. The van der Waals surface area contributed by atoms with Crippen LogP contribution in [0.15, 0.2) is 30.5 Å². The molecule has 0 aliphatic heterocycles. The summed E-state index contributed by atoms with van der Waals surface area (Å²) < 4.78 is 38.0. The summed E-state index contributed by atoms with van der Waals surface area (Å²) in [5, 5.41) is -0.201. The van der Waals surface area contributed by atoms with Crippen LogP contribution in [0.3, 0.4) is 0 Å². The average molecular weight is 315 g/mol. The number of benzene rings is 1. The van der Waals surface area contributed by atoms with Crippen molar-refractivity contribution < 1.29 is 13.2 Å². The smallest absolute Gasteiger partial charge is 0.241 e. The fraction of sp³-hybridized carbons (Fsp3) is 0.333. The fourth-order valence-electron chi connectivity index (χ4n) is 2.04. The number of nitrogens with zero attached hydrogens (tertiary/aromatic N) is 2. The quantitative estimate of drug-likeness (QED) is 0.768. The van der Waals surface area contributed by atoms with Gasteiger partial charge in [0.05, 0.1) is 10.9 Å². The summed E-state index contributed by atoms with van der Waals surface area (Å²) in [5.41, 5.74) is 1.43. The van der Waals surface area contributed by atoms with Gasteiger partial charge in [-0.15, -0.1) is 11.6 Å². The Kier molecular flexibility index (Phi) is 4.52. The first kappa shape index (κ1) is 15.8. The normalized spacial score (nSPS) is 13.2. The van der Waals surface area contributed by atoms with Gasteiger partial charge in [-0.2, -0.15) is 13.2 Å². The second-order valence-electron chi connectivity index (χ2n) is 4.82. The molecule has 0 fully saturated rings. The number of hydrogen-bond donors (Lipinski definition) is 0. The molecule has 2 aromatic rings. The van der Waals surface area contributed by atoms with Crippen molar-refractivity contribution in [3.8, 4) is 0 Å². The van der Waals surface area contributed by atoms with E-state index in [1.165, 1.54) is 6.07 Å². The maximum atomic E-state index is 12.7. The van der Waals surface area contributed by atoms with Crippen LogP contribution < -0.4 is 0 Å². The van der Waals surface area contributed by atoms with Crippen molar-refractivity contribution in [3.63, 3.8) is 0 Å². The molecule has 1 unspecified atom stereocenters. The number of hydrogen-bond acceptors (Lipinski definition) is 2. The lowest BCUT2D eigenvalue weighted by atomic mass is 10.1. The Hall–Kier alpha value is -1.62. The second kappa shape index (κ2) is 6.02. The van der Waals surface area contributed by atoms with Crippen LogP contribution >= 0.6 is 11.6 Å². The van der Waals surface area contributed by atoms with Crippen molar-refractivity contribution in [2.75, 3.05) is 0 Å². The standard InChI is InChI=1S/C15H14ClF3N2/c1-9(16)13-8-20-14(21-10(13)2)7-11-4-3-5-12(6-11)15(17,18)19/h3-6,8-9H,7H2,1-2H3. The van der Waals surface area contributed by atoms with Crippen molar-refractivity contribution in [1.82, 2.24) is 9.97 Å². The maximum absolute atomic E-state index is 12.7. The first-order valence-corrected chi connectivity index (χ1v) is 6.83. The van der Waals surface area contributed by atoms with E-state index in [9.17, 15) is 13.2 Å². The van der Waals surface area contributed by atoms with Crippen LogP contribution in [0, 0.1) is 6.92 Å². The molecule has 0 N–H and O–H groups in total. The van der Waals surface area contributed by atoms with Crippen LogP contribution in [-0.2, 0) is 12.6 Å². The summed E-state index contributed by atoms with van der Waals surface area (Å²) in [5.74, 6) is 0.480. The van der Waals surface area contributed by atoms with Gasteiger partial charge >= 0.3 is 6.18 Å². The summed E-state index contributed by atoms with van der Waals surface area (Å²) >= 11 is 5.99. The number of aryl methyl sites for hydroxylation is 1. The van der Waals surface area contributed by atoms with E-state index in [1.54, 1.807) is 12.3 Å². The van der Waals surface area contributed by atoms with Crippen LogP contribution in [0.4, 0.5) is 13.2 Å². The molecule has 0 bridgehead atoms. The van der Waals surface area contributed by atoms with Gasteiger partial charge in [0.1, 0.15) is 5.82 Å². The van der Waals surface area contributed by atoms with Gasteiger partial charge in [-0.05, 0) is 25.5 Å². The van der Waals surface area contributed by atoms with E-state index in [1.807, 2.05) is 13.8 Å². The summed E-state index contributed by atoms with van der Waals surface area (Å²) in [7, 11) is 0. The number of halogens is 4. The zero-order chi connectivity index (χ0) is 15.6. The minimum atomic E-state index is -4.34. The van der Waals surface area contributed by atoms with Crippen molar-refractivity contribution in [2.45, 2.75) is 31.8 Å². The van der Waals surface area contributed by atoms with Crippen molar-refractivity contribution in [1.29, 1.82) is 0 Å². The largest absolute Gasteiger partial charge is 0.416 e. The zero-order valence-electron chi connectivity index (χ0n) is 11.6. The topological polar surface area (TPSA) is 25.8 Å². The Labute approximate surface area is 126 Å². The first-order valence-electron chi connectivity index (χ1n) is 6.40. The van der Waals surface area contributed by atoms with Gasteiger partial charge in [0.2, 0.25) is 0 Å². The molecule has 0 aliphatic rings. The lowest BCUT2D eigenvalue weighted by molar-refractivity contribution is -0.137. The monoisotopic (exact) mass is 314 g/mol. The SMILES string of the molecule is Cc1nc(Cc2cccc(C(F)(F)F)c2)ncc1C(C)Cl. The summed E-state index contributed by atoms with van der Waals surface area (Å²) in [4.78, 5) is 8.48. The highest BCUT2D eigenvalue weighted by Gasteiger charge is 2.30. The number of rotatable bonds is 3. The number of aromatic nitrogens is 2. The van der Waals surface area contributed by atoms with Crippen LogP contribution in [-0.4, -0.2) is 9.97 Å². The lowest BCUT2D eigenvalue weighted by Gasteiger charge is -2.10. The van der Waals surface area contributed by atoms with Crippen LogP contribution in [0.2, 0.25) is 0 Å². The molecule has 2 rings (SSSR count). The molecule has 21 heavy (non-hydrogen) atoms. The average Bonchev–Trinajstić information content (AvgIpc) is 2.37. The molecule has 112 valence electrons. The predicted octanol–water partition coefficient (Wildman–Crippen LogP) is 4.69. The van der Waals surface area contributed by atoms with Gasteiger partial charge in [-0.25, -0.2) is 9.97 Å². The Balaban J connectivity index is 2.25. The van der Waals surface area contributed by atoms with E-state index in [-0.39, 0.29) is 11.8 Å². The van der Waals surface area contributed by atoms with E-state index in [0.29, 0.717) is 11.4 Å². The van der Waals surface area contributed by atoms with E-state index in [0.717, 1.165) is 23.4 Å². The third-order valence-electron chi connectivity index (χ3n) is 3.11. The molecule has 1 aromatic heterocycles. The van der Waals surface area contributed by atoms with E-state index >= 15 is 0 Å². The second-order valence-corrected chi connectivity index (χ2v) is 5.47. The van der Waals surface area contributed by atoms with Gasteiger partial charge in [0.25, 0.3) is 0 Å². The minimum absolute atomic E-state index is 0.201. The first-order chi connectivity index (χ1) is 9.77. The van der Waals surface area contributed by atoms with E-state index in [4.69, 9.17) is 11.6 Å². The molecule has 0 radical (unpaired) electrons. The van der Waals surface area contributed by atoms with Crippen molar-refractivity contribution in [2.24, 2.45) is 0 Å². The highest BCUT2D eigenvalue weighted by Crippen LogP contribution is 2.30. The number of alkyl halides is 4. The summed E-state index contributed by atoms with van der Waals surface area (Å²) in [6.45, 7) is 3.63. The molecule has 0 amide bonds. The minimum Gasteiger partial charge on any atom is -0.241 e. The molecule has 0 saturated heterocycles. The van der Waals surface area contributed by atoms with Gasteiger partial charge in [0.15, 0.2) is 0 Å². The van der Waals surface area contributed by atoms with Gasteiger partial charge in [-0.1, -0.05) is 18.2 Å². The van der Waals surface area contributed by atoms with Crippen LogP contribution in [0.5, 0.6) is 0 Å². The van der Waals surface area contributed by atoms with Gasteiger partial charge < -0.3 is 0 Å². The summed E-state index contributed by atoms with van der Waals surface area (Å²) in [6, 6.07) is 5.19. The highest BCUT2D eigenvalue weighted by molar-refractivity contribution is 6.20. The van der Waals surface area contributed by atoms with Crippen molar-refractivity contribution in [3.05, 3.63) is 58.7 Å². The lowest BCUT2D eigenvalue weighted by Crippen LogP contribution is -2.06. The maximum Gasteiger partial charge on any atom is 0.416 e. The third kappa shape index (κ3) is 3.94. The van der Waals surface area contributed by atoms with Crippen molar-refractivity contribution >= 4 is 11.6 Å². The molecular formula is C15H14ClF3N2. The molecule has 0 aliphatic carbocycles. The fourth-order valence-corrected chi connectivity index (χ4v) is 2.25. The highest BCUT2D eigenvalue weighted by atomic mass is 35.5. The molecule has 0 spiro atoms. The molecule has 6 heteroatoms. The van der Waals surface area contributed by atoms with Gasteiger partial charge in [0, 0.05) is 23.9 Å². The van der Waals surface area contributed by atoms with E-state index < -0.39 is 11.7 Å². The Morgan fingerprint density at radius 3 is 2.57 bits per heavy atom. The van der Waals surface area contributed by atoms with E-state index in [2.05, 4.69) is 9.97 Å². The zero-order valence-corrected chi connectivity index (χ0v) is 12.3. The Bertz CT molecular complexity index is 639. The molecule has 0 saturated carbocycles.